The average molecular weight is 357 g/mol. The van der Waals surface area contributed by atoms with E-state index in [1.807, 2.05) is 29.3 Å². The highest BCUT2D eigenvalue weighted by molar-refractivity contribution is 5.88. The second kappa shape index (κ2) is 8.94. The van der Waals surface area contributed by atoms with Crippen molar-refractivity contribution in [3.63, 3.8) is 0 Å². The molecule has 1 aromatic rings. The lowest BCUT2D eigenvalue weighted by Crippen LogP contribution is -2.48. The number of carbonyl (C=O) groups is 2. The SMILES string of the molecule is CCc1cnccc1CNC(=O)C1CC=CCC1C(=O)N1CCOCC1. The van der Waals surface area contributed by atoms with Gasteiger partial charge in [-0.05, 0) is 36.5 Å². The summed E-state index contributed by atoms with van der Waals surface area (Å²) < 4.78 is 5.33. The molecule has 6 nitrogen and oxygen atoms in total. The van der Waals surface area contributed by atoms with Crippen LogP contribution in [0.25, 0.3) is 0 Å². The Morgan fingerprint density at radius 3 is 2.65 bits per heavy atom. The molecule has 1 fully saturated rings. The zero-order valence-electron chi connectivity index (χ0n) is 15.3. The van der Waals surface area contributed by atoms with Crippen LogP contribution in [0.4, 0.5) is 0 Å². The highest BCUT2D eigenvalue weighted by Gasteiger charge is 2.36. The van der Waals surface area contributed by atoms with Crippen LogP contribution in [0.2, 0.25) is 0 Å². The molecule has 1 aromatic heterocycles. The summed E-state index contributed by atoms with van der Waals surface area (Å²) in [5, 5.41) is 3.04. The van der Waals surface area contributed by atoms with Crippen LogP contribution in [0, 0.1) is 11.8 Å². The van der Waals surface area contributed by atoms with Crippen molar-refractivity contribution in [2.24, 2.45) is 11.8 Å². The van der Waals surface area contributed by atoms with E-state index in [1.54, 1.807) is 6.20 Å². The fourth-order valence-corrected chi connectivity index (χ4v) is 3.66. The van der Waals surface area contributed by atoms with E-state index in [9.17, 15) is 9.59 Å². The molecule has 1 aliphatic carbocycles. The second-order valence-electron chi connectivity index (χ2n) is 6.81. The van der Waals surface area contributed by atoms with Crippen molar-refractivity contribution < 1.29 is 14.3 Å². The molecule has 0 radical (unpaired) electrons. The number of nitrogens with zero attached hydrogens (tertiary/aromatic N) is 2. The Morgan fingerprint density at radius 2 is 1.92 bits per heavy atom. The molecule has 0 saturated carbocycles. The van der Waals surface area contributed by atoms with E-state index in [0.29, 0.717) is 45.7 Å². The number of aromatic nitrogens is 1. The Bertz CT molecular complexity index is 668. The van der Waals surface area contributed by atoms with E-state index in [2.05, 4.69) is 17.2 Å². The fraction of sp³-hybridized carbons (Fsp3) is 0.550. The maximum Gasteiger partial charge on any atom is 0.226 e. The van der Waals surface area contributed by atoms with Gasteiger partial charge < -0.3 is 15.0 Å². The molecule has 1 aliphatic heterocycles. The number of aryl methyl sites for hydroxylation is 1. The molecular weight excluding hydrogens is 330 g/mol. The summed E-state index contributed by atoms with van der Waals surface area (Å²) >= 11 is 0. The lowest BCUT2D eigenvalue weighted by Gasteiger charge is -2.34. The van der Waals surface area contributed by atoms with Gasteiger partial charge in [-0.2, -0.15) is 0 Å². The van der Waals surface area contributed by atoms with Gasteiger partial charge in [0.2, 0.25) is 11.8 Å². The molecule has 0 aromatic carbocycles. The number of morpholine rings is 1. The molecule has 2 unspecified atom stereocenters. The number of carbonyl (C=O) groups excluding carboxylic acids is 2. The second-order valence-corrected chi connectivity index (χ2v) is 6.81. The molecular formula is C20H27N3O3. The standard InChI is InChI=1S/C20H27N3O3/c1-2-15-13-21-8-7-16(15)14-22-19(24)17-5-3-4-6-18(17)20(25)23-9-11-26-12-10-23/h3-4,7-8,13,17-18H,2,5-6,9-12,14H2,1H3,(H,22,24). The third kappa shape index (κ3) is 4.30. The highest BCUT2D eigenvalue weighted by Crippen LogP contribution is 2.28. The van der Waals surface area contributed by atoms with E-state index in [1.165, 1.54) is 0 Å². The molecule has 2 aliphatic rings. The quantitative estimate of drug-likeness (QED) is 0.814. The molecule has 140 valence electrons. The van der Waals surface area contributed by atoms with Gasteiger partial charge in [0.15, 0.2) is 0 Å². The topological polar surface area (TPSA) is 71.5 Å². The van der Waals surface area contributed by atoms with Crippen LogP contribution >= 0.6 is 0 Å². The minimum atomic E-state index is -0.303. The molecule has 3 rings (SSSR count). The summed E-state index contributed by atoms with van der Waals surface area (Å²) in [5.74, 6) is -0.542. The normalized spacial score (nSPS) is 22.9. The summed E-state index contributed by atoms with van der Waals surface area (Å²) in [6.07, 6.45) is 9.74. The first-order valence-electron chi connectivity index (χ1n) is 9.41. The molecule has 2 heterocycles. The van der Waals surface area contributed by atoms with Crippen LogP contribution in [0.1, 0.15) is 30.9 Å². The van der Waals surface area contributed by atoms with E-state index >= 15 is 0 Å². The van der Waals surface area contributed by atoms with Crippen LogP contribution in [0.3, 0.4) is 0 Å². The zero-order chi connectivity index (χ0) is 18.4. The van der Waals surface area contributed by atoms with Crippen molar-refractivity contribution in [1.29, 1.82) is 0 Å². The molecule has 1 saturated heterocycles. The van der Waals surface area contributed by atoms with Crippen molar-refractivity contribution in [3.05, 3.63) is 41.7 Å². The molecule has 2 atom stereocenters. The van der Waals surface area contributed by atoms with E-state index in [-0.39, 0.29) is 23.7 Å². The molecule has 0 spiro atoms. The van der Waals surface area contributed by atoms with Crippen molar-refractivity contribution in [2.75, 3.05) is 26.3 Å². The summed E-state index contributed by atoms with van der Waals surface area (Å²) in [4.78, 5) is 31.7. The first kappa shape index (κ1) is 18.6. The maximum atomic E-state index is 12.9. The predicted octanol–water partition coefficient (Wildman–Crippen LogP) is 1.70. The summed E-state index contributed by atoms with van der Waals surface area (Å²) in [6, 6.07) is 1.94. The number of hydrogen-bond acceptors (Lipinski definition) is 4. The lowest BCUT2D eigenvalue weighted by molar-refractivity contribution is -0.145. The fourth-order valence-electron chi connectivity index (χ4n) is 3.66. The maximum absolute atomic E-state index is 12.9. The number of pyridine rings is 1. The average Bonchev–Trinajstić information content (AvgIpc) is 2.72. The Balaban J connectivity index is 1.64. The number of allylic oxidation sites excluding steroid dienone is 2. The van der Waals surface area contributed by atoms with E-state index in [4.69, 9.17) is 4.74 Å². The van der Waals surface area contributed by atoms with Crippen molar-refractivity contribution in [3.8, 4) is 0 Å². The van der Waals surface area contributed by atoms with Gasteiger partial charge in [0.05, 0.1) is 25.0 Å². The summed E-state index contributed by atoms with van der Waals surface area (Å²) in [6.45, 7) is 4.93. The van der Waals surface area contributed by atoms with Crippen LogP contribution < -0.4 is 5.32 Å². The van der Waals surface area contributed by atoms with Gasteiger partial charge in [-0.1, -0.05) is 19.1 Å². The summed E-state index contributed by atoms with van der Waals surface area (Å²) in [7, 11) is 0. The van der Waals surface area contributed by atoms with Crippen LogP contribution in [0.5, 0.6) is 0 Å². The minimum absolute atomic E-state index is 0.0418. The van der Waals surface area contributed by atoms with Gasteiger partial charge >= 0.3 is 0 Å². The van der Waals surface area contributed by atoms with Crippen LogP contribution in [0.15, 0.2) is 30.6 Å². The number of rotatable bonds is 5. The Labute approximate surface area is 154 Å². The number of nitrogens with one attached hydrogen (secondary N) is 1. The van der Waals surface area contributed by atoms with Gasteiger partial charge in [-0.3, -0.25) is 14.6 Å². The molecule has 2 amide bonds. The first-order valence-corrected chi connectivity index (χ1v) is 9.41. The van der Waals surface area contributed by atoms with Gasteiger partial charge in [0.1, 0.15) is 0 Å². The Kier molecular flexibility index (Phi) is 6.39. The highest BCUT2D eigenvalue weighted by atomic mass is 16.5. The van der Waals surface area contributed by atoms with E-state index in [0.717, 1.165) is 17.5 Å². The van der Waals surface area contributed by atoms with Gasteiger partial charge in [0, 0.05) is 32.0 Å². The molecule has 26 heavy (non-hydrogen) atoms. The Morgan fingerprint density at radius 1 is 1.19 bits per heavy atom. The van der Waals surface area contributed by atoms with Crippen LogP contribution in [-0.4, -0.2) is 48.0 Å². The zero-order valence-corrected chi connectivity index (χ0v) is 15.3. The largest absolute Gasteiger partial charge is 0.378 e. The number of ether oxygens (including phenoxy) is 1. The smallest absolute Gasteiger partial charge is 0.226 e. The van der Waals surface area contributed by atoms with Crippen molar-refractivity contribution in [1.82, 2.24) is 15.2 Å². The van der Waals surface area contributed by atoms with Gasteiger partial charge in [-0.15, -0.1) is 0 Å². The molecule has 0 bridgehead atoms. The van der Waals surface area contributed by atoms with E-state index < -0.39 is 0 Å². The number of amides is 2. The predicted molar refractivity (Wildman–Crippen MR) is 98.2 cm³/mol. The van der Waals surface area contributed by atoms with Gasteiger partial charge in [0.25, 0.3) is 0 Å². The molecule has 6 heteroatoms. The number of hydrogen-bond donors (Lipinski definition) is 1. The summed E-state index contributed by atoms with van der Waals surface area (Å²) in [5.41, 5.74) is 2.22. The van der Waals surface area contributed by atoms with Crippen molar-refractivity contribution >= 4 is 11.8 Å². The van der Waals surface area contributed by atoms with Crippen LogP contribution in [-0.2, 0) is 27.3 Å². The lowest BCUT2D eigenvalue weighted by atomic mass is 9.81. The third-order valence-corrected chi connectivity index (χ3v) is 5.25. The Hall–Kier alpha value is -2.21. The van der Waals surface area contributed by atoms with Gasteiger partial charge in [-0.25, -0.2) is 0 Å². The third-order valence-electron chi connectivity index (χ3n) is 5.25. The van der Waals surface area contributed by atoms with Crippen molar-refractivity contribution in [2.45, 2.75) is 32.7 Å². The minimum Gasteiger partial charge on any atom is -0.378 e. The monoisotopic (exact) mass is 357 g/mol. The molecule has 1 N–H and O–H groups in total. The first-order chi connectivity index (χ1) is 12.7.